The molecule has 3 aromatic rings. The van der Waals surface area contributed by atoms with Gasteiger partial charge in [0.25, 0.3) is 0 Å². The molecule has 3 heteroatoms. The number of nitrogens with zero attached hydrogens (tertiary/aromatic N) is 1. The van der Waals surface area contributed by atoms with Crippen LogP contribution in [-0.4, -0.2) is 9.97 Å². The lowest BCUT2D eigenvalue weighted by Gasteiger charge is -2.21. The minimum atomic E-state index is 0.0200. The van der Waals surface area contributed by atoms with Crippen LogP contribution in [0.15, 0.2) is 47.4 Å². The fourth-order valence-corrected chi connectivity index (χ4v) is 3.35. The first-order valence-electron chi connectivity index (χ1n) is 8.96. The Bertz CT molecular complexity index is 1020. The maximum absolute atomic E-state index is 12.9. The largest absolute Gasteiger partial charge is 0.358 e. The van der Waals surface area contributed by atoms with Crippen LogP contribution >= 0.6 is 0 Å². The highest BCUT2D eigenvalue weighted by Crippen LogP contribution is 2.29. The lowest BCUT2D eigenvalue weighted by molar-refractivity contribution is 0.590. The topological polar surface area (TPSA) is 45.8 Å². The van der Waals surface area contributed by atoms with Crippen molar-refractivity contribution in [1.82, 2.24) is 9.97 Å². The molecule has 3 nitrogen and oxygen atoms in total. The van der Waals surface area contributed by atoms with Crippen LogP contribution in [-0.2, 0) is 5.41 Å². The summed E-state index contributed by atoms with van der Waals surface area (Å²) in [7, 11) is 0. The number of hydrogen-bond acceptors (Lipinski definition) is 2. The van der Waals surface area contributed by atoms with Crippen LogP contribution in [0, 0.1) is 20.8 Å². The number of aryl methyl sites for hydroxylation is 3. The highest BCUT2D eigenvalue weighted by atomic mass is 16.1. The van der Waals surface area contributed by atoms with Gasteiger partial charge in [-0.2, -0.15) is 0 Å². The normalized spacial score (nSPS) is 11.6. The zero-order chi connectivity index (χ0) is 19.1. The van der Waals surface area contributed by atoms with E-state index in [0.717, 1.165) is 33.8 Å². The third-order valence-electron chi connectivity index (χ3n) is 4.88. The van der Waals surface area contributed by atoms with E-state index in [-0.39, 0.29) is 10.8 Å². The van der Waals surface area contributed by atoms with Crippen molar-refractivity contribution < 1.29 is 0 Å². The highest BCUT2D eigenvalue weighted by molar-refractivity contribution is 5.72. The number of benzene rings is 1. The van der Waals surface area contributed by atoms with E-state index < -0.39 is 0 Å². The highest BCUT2D eigenvalue weighted by Gasteiger charge is 2.17. The first kappa shape index (κ1) is 18.1. The van der Waals surface area contributed by atoms with Gasteiger partial charge in [0, 0.05) is 46.0 Å². The van der Waals surface area contributed by atoms with Crippen LogP contribution in [0.5, 0.6) is 0 Å². The van der Waals surface area contributed by atoms with Crippen molar-refractivity contribution >= 4 is 0 Å². The van der Waals surface area contributed by atoms with Crippen LogP contribution in [0.3, 0.4) is 0 Å². The summed E-state index contributed by atoms with van der Waals surface area (Å²) in [4.78, 5) is 20.6. The molecule has 2 aromatic heterocycles. The molecule has 1 aromatic carbocycles. The average Bonchev–Trinajstić information content (AvgIpc) is 2.55. The molecule has 0 aliphatic carbocycles. The molecule has 0 radical (unpaired) electrons. The molecule has 2 heterocycles. The fraction of sp³-hybridized carbons (Fsp3) is 0.304. The first-order valence-corrected chi connectivity index (χ1v) is 8.96. The Balaban J connectivity index is 2.12. The van der Waals surface area contributed by atoms with E-state index in [1.54, 1.807) is 12.3 Å². The predicted octanol–water partition coefficient (Wildman–Crippen LogP) is 5.33. The van der Waals surface area contributed by atoms with Gasteiger partial charge in [-0.05, 0) is 43.4 Å². The van der Waals surface area contributed by atoms with Gasteiger partial charge in [-0.15, -0.1) is 0 Å². The van der Waals surface area contributed by atoms with E-state index in [1.807, 2.05) is 26.0 Å². The summed E-state index contributed by atoms with van der Waals surface area (Å²) < 4.78 is 0. The number of nitrogens with one attached hydrogen (secondary N) is 1. The molecule has 0 aliphatic heterocycles. The van der Waals surface area contributed by atoms with Crippen molar-refractivity contribution in [2.45, 2.75) is 47.0 Å². The standard InChI is InChI=1S/C23H26N2O/c1-14-12-17(23(4,5)6)9-10-18(14)20-13-21(26)22(16(3)25-20)19-8-7-11-24-15(19)2/h7-13H,1-6H3,(H,25,26). The summed E-state index contributed by atoms with van der Waals surface area (Å²) in [5.41, 5.74) is 7.81. The molecule has 134 valence electrons. The van der Waals surface area contributed by atoms with Gasteiger partial charge >= 0.3 is 0 Å². The van der Waals surface area contributed by atoms with Crippen molar-refractivity contribution in [1.29, 1.82) is 0 Å². The Hall–Kier alpha value is -2.68. The molecule has 0 fully saturated rings. The molecular formula is C23H26N2O. The van der Waals surface area contributed by atoms with Crippen molar-refractivity contribution in [2.24, 2.45) is 0 Å². The monoisotopic (exact) mass is 346 g/mol. The summed E-state index contributed by atoms with van der Waals surface area (Å²) in [5.74, 6) is 0. The second-order valence-corrected chi connectivity index (χ2v) is 7.96. The number of rotatable bonds is 2. The van der Waals surface area contributed by atoms with E-state index in [4.69, 9.17) is 0 Å². The fourth-order valence-electron chi connectivity index (χ4n) is 3.35. The second-order valence-electron chi connectivity index (χ2n) is 7.96. The smallest absolute Gasteiger partial charge is 0.190 e. The number of aromatic amines is 1. The van der Waals surface area contributed by atoms with Gasteiger partial charge in [0.1, 0.15) is 0 Å². The molecule has 0 unspecified atom stereocenters. The van der Waals surface area contributed by atoms with Gasteiger partial charge in [0.15, 0.2) is 5.43 Å². The predicted molar refractivity (Wildman–Crippen MR) is 109 cm³/mol. The maximum atomic E-state index is 12.9. The average molecular weight is 346 g/mol. The third-order valence-corrected chi connectivity index (χ3v) is 4.88. The Morgan fingerprint density at radius 2 is 1.69 bits per heavy atom. The van der Waals surface area contributed by atoms with Gasteiger partial charge in [-0.3, -0.25) is 9.78 Å². The van der Waals surface area contributed by atoms with E-state index in [2.05, 4.69) is 55.9 Å². The summed E-state index contributed by atoms with van der Waals surface area (Å²) in [6.07, 6.45) is 1.75. The van der Waals surface area contributed by atoms with E-state index in [0.29, 0.717) is 5.56 Å². The summed E-state index contributed by atoms with van der Waals surface area (Å²) >= 11 is 0. The number of aromatic nitrogens is 2. The van der Waals surface area contributed by atoms with Crippen LogP contribution in [0.1, 0.15) is 43.3 Å². The second kappa shape index (κ2) is 6.56. The van der Waals surface area contributed by atoms with E-state index >= 15 is 0 Å². The minimum Gasteiger partial charge on any atom is -0.358 e. The Kier molecular flexibility index (Phi) is 4.57. The Morgan fingerprint density at radius 3 is 2.27 bits per heavy atom. The van der Waals surface area contributed by atoms with Crippen LogP contribution < -0.4 is 5.43 Å². The minimum absolute atomic E-state index is 0.0200. The van der Waals surface area contributed by atoms with Gasteiger partial charge in [0.2, 0.25) is 0 Å². The van der Waals surface area contributed by atoms with Gasteiger partial charge in [0.05, 0.1) is 0 Å². The molecule has 26 heavy (non-hydrogen) atoms. The summed E-state index contributed by atoms with van der Waals surface area (Å²) in [6.45, 7) is 12.6. The molecule has 0 saturated heterocycles. The van der Waals surface area contributed by atoms with Crippen LogP contribution in [0.4, 0.5) is 0 Å². The number of hydrogen-bond donors (Lipinski definition) is 1. The SMILES string of the molecule is Cc1cc(C(C)(C)C)ccc1-c1cc(=O)c(-c2cccnc2C)c(C)[nH]1. The summed E-state index contributed by atoms with van der Waals surface area (Å²) in [5, 5.41) is 0. The van der Waals surface area contributed by atoms with Gasteiger partial charge < -0.3 is 4.98 Å². The molecule has 0 aliphatic rings. The molecule has 0 saturated carbocycles. The quantitative estimate of drug-likeness (QED) is 0.682. The van der Waals surface area contributed by atoms with E-state index in [9.17, 15) is 4.79 Å². The number of pyridine rings is 2. The van der Waals surface area contributed by atoms with Gasteiger partial charge in [-0.1, -0.05) is 45.0 Å². The molecule has 0 atom stereocenters. The molecule has 0 bridgehead atoms. The number of H-pyrrole nitrogens is 1. The first-order chi connectivity index (χ1) is 12.2. The molecule has 0 spiro atoms. The zero-order valence-corrected chi connectivity index (χ0v) is 16.4. The molecule has 3 rings (SSSR count). The maximum Gasteiger partial charge on any atom is 0.190 e. The Morgan fingerprint density at radius 1 is 0.962 bits per heavy atom. The Labute approximate surface area is 155 Å². The van der Waals surface area contributed by atoms with Crippen molar-refractivity contribution in [3.63, 3.8) is 0 Å². The molecule has 1 N–H and O–H groups in total. The summed E-state index contributed by atoms with van der Waals surface area (Å²) in [6, 6.07) is 12.0. The molecular weight excluding hydrogens is 320 g/mol. The van der Waals surface area contributed by atoms with Crippen molar-refractivity contribution in [3.8, 4) is 22.4 Å². The molecule has 0 amide bonds. The van der Waals surface area contributed by atoms with Gasteiger partial charge in [-0.25, -0.2) is 0 Å². The lowest BCUT2D eigenvalue weighted by Crippen LogP contribution is -2.12. The van der Waals surface area contributed by atoms with Crippen molar-refractivity contribution in [2.75, 3.05) is 0 Å². The van der Waals surface area contributed by atoms with Crippen LogP contribution in [0.25, 0.3) is 22.4 Å². The van der Waals surface area contributed by atoms with Crippen molar-refractivity contribution in [3.05, 3.63) is 75.3 Å². The lowest BCUT2D eigenvalue weighted by atomic mass is 9.85. The van der Waals surface area contributed by atoms with E-state index in [1.165, 1.54) is 5.56 Å². The van der Waals surface area contributed by atoms with Crippen LogP contribution in [0.2, 0.25) is 0 Å². The third kappa shape index (κ3) is 3.34. The zero-order valence-electron chi connectivity index (χ0n) is 16.4.